The Morgan fingerprint density at radius 3 is 2.45 bits per heavy atom. The summed E-state index contributed by atoms with van der Waals surface area (Å²) in [6, 6.07) is 4.16. The molecule has 3 heterocycles. The van der Waals surface area contributed by atoms with E-state index in [1.807, 2.05) is 12.4 Å². The minimum absolute atomic E-state index is 0.506. The summed E-state index contributed by atoms with van der Waals surface area (Å²) in [7, 11) is 6.20. The normalized spacial score (nSPS) is 16.5. The first kappa shape index (κ1) is 15.0. The van der Waals surface area contributed by atoms with E-state index < -0.39 is 0 Å². The van der Waals surface area contributed by atoms with Crippen molar-refractivity contribution in [2.45, 2.75) is 25.3 Å². The number of hydrogen-bond donors (Lipinski definition) is 0. The maximum atomic E-state index is 4.45. The summed E-state index contributed by atoms with van der Waals surface area (Å²) < 4.78 is 2.17. The second-order valence-corrected chi connectivity index (χ2v) is 6.24. The molecule has 2 aromatic heterocycles. The average molecular weight is 300 g/mol. The summed E-state index contributed by atoms with van der Waals surface area (Å²) in [6.07, 6.45) is 5.96. The second-order valence-electron chi connectivity index (χ2n) is 6.24. The molecular weight excluding hydrogens is 276 g/mol. The fourth-order valence-electron chi connectivity index (χ4n) is 3.10. The average Bonchev–Trinajstić information content (AvgIpc) is 2.89. The van der Waals surface area contributed by atoms with E-state index in [1.54, 1.807) is 0 Å². The molecule has 3 rings (SSSR count). The van der Waals surface area contributed by atoms with Crippen LogP contribution in [0.25, 0.3) is 0 Å². The second kappa shape index (κ2) is 6.44. The smallest absolute Gasteiger partial charge is 0.146 e. The number of hydrogen-bond acceptors (Lipinski definition) is 5. The van der Waals surface area contributed by atoms with Gasteiger partial charge in [-0.2, -0.15) is 0 Å². The van der Waals surface area contributed by atoms with Gasteiger partial charge in [-0.15, -0.1) is 10.2 Å². The van der Waals surface area contributed by atoms with Crippen LogP contribution in [0, 0.1) is 0 Å². The number of nitrogens with zero attached hydrogens (tertiary/aromatic N) is 6. The predicted molar refractivity (Wildman–Crippen MR) is 86.8 cm³/mol. The Kier molecular flexibility index (Phi) is 4.38. The van der Waals surface area contributed by atoms with E-state index in [1.165, 1.54) is 5.69 Å². The minimum atomic E-state index is 0.506. The molecule has 0 aliphatic carbocycles. The number of anilines is 1. The number of rotatable bonds is 4. The van der Waals surface area contributed by atoms with Crippen molar-refractivity contribution in [1.82, 2.24) is 24.6 Å². The molecule has 0 spiro atoms. The minimum Gasteiger partial charge on any atom is -0.371 e. The van der Waals surface area contributed by atoms with Crippen LogP contribution in [-0.2, 0) is 13.6 Å². The number of aromatic nitrogens is 4. The Hall–Kier alpha value is -1.95. The quantitative estimate of drug-likeness (QED) is 0.859. The van der Waals surface area contributed by atoms with Crippen molar-refractivity contribution >= 4 is 5.69 Å². The highest BCUT2D eigenvalue weighted by atomic mass is 15.3. The molecule has 0 atom stereocenters. The van der Waals surface area contributed by atoms with Crippen LogP contribution in [0.1, 0.15) is 30.4 Å². The van der Waals surface area contributed by atoms with Gasteiger partial charge in [-0.05, 0) is 39.1 Å². The van der Waals surface area contributed by atoms with E-state index in [2.05, 4.69) is 62.8 Å². The molecule has 2 aromatic rings. The molecule has 1 aliphatic rings. The Balaban J connectivity index is 1.65. The molecule has 0 unspecified atom stereocenters. The zero-order valence-corrected chi connectivity index (χ0v) is 13.6. The maximum absolute atomic E-state index is 4.45. The predicted octanol–water partition coefficient (Wildman–Crippen LogP) is 1.66. The van der Waals surface area contributed by atoms with Gasteiger partial charge >= 0.3 is 0 Å². The molecule has 22 heavy (non-hydrogen) atoms. The Bertz CT molecular complexity index is 598. The van der Waals surface area contributed by atoms with Crippen molar-refractivity contribution in [3.63, 3.8) is 0 Å². The molecule has 118 valence electrons. The van der Waals surface area contributed by atoms with Gasteiger partial charge in [0.25, 0.3) is 0 Å². The molecule has 6 nitrogen and oxygen atoms in total. The molecule has 0 radical (unpaired) electrons. The lowest BCUT2D eigenvalue weighted by Crippen LogP contribution is -2.33. The molecule has 0 bridgehead atoms. The summed E-state index contributed by atoms with van der Waals surface area (Å²) in [5.74, 6) is 2.68. The lowest BCUT2D eigenvalue weighted by Gasteiger charge is -2.33. The summed E-state index contributed by atoms with van der Waals surface area (Å²) in [4.78, 5) is 8.64. The molecule has 1 saturated heterocycles. The summed E-state index contributed by atoms with van der Waals surface area (Å²) >= 11 is 0. The van der Waals surface area contributed by atoms with Gasteiger partial charge in [-0.1, -0.05) is 0 Å². The highest BCUT2D eigenvalue weighted by Crippen LogP contribution is 2.29. The van der Waals surface area contributed by atoms with Crippen molar-refractivity contribution < 1.29 is 0 Å². The summed E-state index contributed by atoms with van der Waals surface area (Å²) in [5, 5.41) is 8.81. The van der Waals surface area contributed by atoms with Crippen molar-refractivity contribution in [3.8, 4) is 0 Å². The van der Waals surface area contributed by atoms with Crippen molar-refractivity contribution in [1.29, 1.82) is 0 Å². The van der Waals surface area contributed by atoms with Gasteiger partial charge in [0.05, 0.1) is 6.54 Å². The Morgan fingerprint density at radius 1 is 1.14 bits per heavy atom. The lowest BCUT2D eigenvalue weighted by atomic mass is 9.95. The molecular formula is C16H24N6. The van der Waals surface area contributed by atoms with Crippen molar-refractivity contribution in [3.05, 3.63) is 36.2 Å². The van der Waals surface area contributed by atoms with E-state index >= 15 is 0 Å². The third-order valence-electron chi connectivity index (χ3n) is 4.34. The van der Waals surface area contributed by atoms with Crippen LogP contribution in [0.5, 0.6) is 0 Å². The van der Waals surface area contributed by atoms with Crippen LogP contribution in [0.4, 0.5) is 5.69 Å². The first-order chi connectivity index (χ1) is 10.6. The van der Waals surface area contributed by atoms with Gasteiger partial charge < -0.3 is 14.4 Å². The number of pyridine rings is 1. The van der Waals surface area contributed by atoms with Crippen molar-refractivity contribution in [2.24, 2.45) is 7.05 Å². The first-order valence-corrected chi connectivity index (χ1v) is 7.83. The van der Waals surface area contributed by atoms with Crippen LogP contribution in [0.2, 0.25) is 0 Å². The van der Waals surface area contributed by atoms with E-state index in [0.717, 1.165) is 44.1 Å². The fraction of sp³-hybridized carbons (Fsp3) is 0.562. The highest BCUT2D eigenvalue weighted by molar-refractivity contribution is 5.45. The van der Waals surface area contributed by atoms with E-state index in [-0.39, 0.29) is 0 Å². The van der Waals surface area contributed by atoms with Gasteiger partial charge in [0.15, 0.2) is 0 Å². The zero-order valence-electron chi connectivity index (χ0n) is 13.6. The van der Waals surface area contributed by atoms with Gasteiger partial charge in [0.2, 0.25) is 0 Å². The standard InChI is InChI=1S/C16H24N6/c1-20(2)12-15-18-19-16(21(15)3)13-6-10-22(11-7-13)14-4-8-17-9-5-14/h4-5,8-9,13H,6-7,10-12H2,1-3H3. The third kappa shape index (κ3) is 3.11. The largest absolute Gasteiger partial charge is 0.371 e. The number of piperidine rings is 1. The van der Waals surface area contributed by atoms with Crippen LogP contribution < -0.4 is 4.90 Å². The fourth-order valence-corrected chi connectivity index (χ4v) is 3.10. The van der Waals surface area contributed by atoms with E-state index in [4.69, 9.17) is 0 Å². The van der Waals surface area contributed by atoms with Gasteiger partial charge in [-0.3, -0.25) is 4.98 Å². The Morgan fingerprint density at radius 2 is 1.82 bits per heavy atom. The van der Waals surface area contributed by atoms with Crippen molar-refractivity contribution in [2.75, 3.05) is 32.1 Å². The molecule has 0 amide bonds. The van der Waals surface area contributed by atoms with Gasteiger partial charge in [0.1, 0.15) is 11.6 Å². The van der Waals surface area contributed by atoms with Crippen LogP contribution in [-0.4, -0.2) is 51.8 Å². The third-order valence-corrected chi connectivity index (χ3v) is 4.34. The van der Waals surface area contributed by atoms with Crippen LogP contribution >= 0.6 is 0 Å². The van der Waals surface area contributed by atoms with Gasteiger partial charge in [0, 0.05) is 44.1 Å². The summed E-state index contributed by atoms with van der Waals surface area (Å²) in [6.45, 7) is 2.95. The van der Waals surface area contributed by atoms with Crippen LogP contribution in [0.3, 0.4) is 0 Å². The molecule has 0 N–H and O–H groups in total. The topological polar surface area (TPSA) is 50.1 Å². The lowest BCUT2D eigenvalue weighted by molar-refractivity contribution is 0.382. The monoisotopic (exact) mass is 300 g/mol. The molecule has 0 saturated carbocycles. The SMILES string of the molecule is CN(C)Cc1nnc(C2CCN(c3ccncc3)CC2)n1C. The molecule has 1 fully saturated rings. The first-order valence-electron chi connectivity index (χ1n) is 7.83. The summed E-state index contributed by atoms with van der Waals surface area (Å²) in [5.41, 5.74) is 1.26. The zero-order chi connectivity index (χ0) is 15.5. The van der Waals surface area contributed by atoms with E-state index in [0.29, 0.717) is 5.92 Å². The molecule has 6 heteroatoms. The maximum Gasteiger partial charge on any atom is 0.146 e. The highest BCUT2D eigenvalue weighted by Gasteiger charge is 2.25. The van der Waals surface area contributed by atoms with Crippen LogP contribution in [0.15, 0.2) is 24.5 Å². The molecule has 0 aromatic carbocycles. The Labute approximate surface area is 131 Å². The molecule has 1 aliphatic heterocycles. The van der Waals surface area contributed by atoms with E-state index in [9.17, 15) is 0 Å². The van der Waals surface area contributed by atoms with Gasteiger partial charge in [-0.25, -0.2) is 0 Å².